The monoisotopic (exact) mass is 424 g/mol. The molecule has 0 aromatic carbocycles. The first-order valence-corrected chi connectivity index (χ1v) is 11.3. The highest BCUT2D eigenvalue weighted by atomic mass is 32.1. The van der Waals surface area contributed by atoms with E-state index in [1.807, 2.05) is 41.6 Å². The number of rotatable bonds is 4. The van der Waals surface area contributed by atoms with Crippen LogP contribution >= 0.6 is 11.3 Å². The lowest BCUT2D eigenvalue weighted by atomic mass is 9.88. The van der Waals surface area contributed by atoms with Crippen LogP contribution in [0.1, 0.15) is 61.6 Å². The van der Waals surface area contributed by atoms with Crippen LogP contribution in [0.3, 0.4) is 0 Å². The predicted molar refractivity (Wildman–Crippen MR) is 118 cm³/mol. The molecule has 4 heterocycles. The Morgan fingerprint density at radius 1 is 1.30 bits per heavy atom. The third-order valence-electron chi connectivity index (χ3n) is 5.52. The molecule has 1 amide bonds. The van der Waals surface area contributed by atoms with Gasteiger partial charge >= 0.3 is 0 Å². The van der Waals surface area contributed by atoms with Gasteiger partial charge in [0.15, 0.2) is 5.76 Å². The lowest BCUT2D eigenvalue weighted by Crippen LogP contribution is -2.39. The van der Waals surface area contributed by atoms with Gasteiger partial charge in [-0.1, -0.05) is 32.0 Å². The van der Waals surface area contributed by atoms with E-state index in [-0.39, 0.29) is 17.2 Å². The maximum absolute atomic E-state index is 12.7. The number of aromatic nitrogens is 3. The quantitative estimate of drug-likeness (QED) is 0.604. The summed E-state index contributed by atoms with van der Waals surface area (Å²) in [6, 6.07) is 5.95. The largest absolute Gasteiger partial charge is 0.356 e. The number of thiophene rings is 1. The summed E-state index contributed by atoms with van der Waals surface area (Å²) in [4.78, 5) is 25.4. The molecular weight excluding hydrogens is 396 g/mol. The SMILES string of the molecule is Cc1cc(-c2cnc(C(C)(C)C)nc2C2CCN(C(=O)Cc3cccs3)CC2)on1. The topological polar surface area (TPSA) is 72.1 Å². The van der Waals surface area contributed by atoms with E-state index in [0.717, 1.165) is 53.6 Å². The number of aryl methyl sites for hydroxylation is 1. The highest BCUT2D eigenvalue weighted by Crippen LogP contribution is 2.35. The van der Waals surface area contributed by atoms with Crippen molar-refractivity contribution >= 4 is 17.2 Å². The predicted octanol–water partition coefficient (Wildman–Crippen LogP) is 4.75. The molecule has 1 saturated heterocycles. The molecule has 0 atom stereocenters. The van der Waals surface area contributed by atoms with Crippen LogP contribution in [0, 0.1) is 6.92 Å². The summed E-state index contributed by atoms with van der Waals surface area (Å²) in [6.07, 6.45) is 4.14. The molecule has 7 heteroatoms. The maximum atomic E-state index is 12.7. The zero-order valence-corrected chi connectivity index (χ0v) is 18.8. The molecule has 1 aliphatic heterocycles. The van der Waals surface area contributed by atoms with Gasteiger partial charge in [-0.15, -0.1) is 11.3 Å². The van der Waals surface area contributed by atoms with E-state index in [1.165, 1.54) is 0 Å². The van der Waals surface area contributed by atoms with Crippen molar-refractivity contribution in [1.29, 1.82) is 0 Å². The van der Waals surface area contributed by atoms with Crippen LogP contribution in [-0.4, -0.2) is 39.0 Å². The van der Waals surface area contributed by atoms with Crippen molar-refractivity contribution in [3.05, 3.63) is 51.9 Å². The van der Waals surface area contributed by atoms with Gasteiger partial charge in [0.2, 0.25) is 5.91 Å². The van der Waals surface area contributed by atoms with Crippen molar-refractivity contribution in [3.8, 4) is 11.3 Å². The normalized spacial score (nSPS) is 15.5. The molecule has 1 aliphatic rings. The number of amides is 1. The molecule has 3 aromatic heterocycles. The molecule has 3 aromatic rings. The second-order valence-corrected chi connectivity index (χ2v) is 10.0. The Hall–Kier alpha value is -2.54. The number of hydrogen-bond acceptors (Lipinski definition) is 6. The van der Waals surface area contributed by atoms with Gasteiger partial charge in [0, 0.05) is 41.6 Å². The molecule has 1 fully saturated rings. The summed E-state index contributed by atoms with van der Waals surface area (Å²) in [7, 11) is 0. The van der Waals surface area contributed by atoms with Gasteiger partial charge in [-0.05, 0) is 31.2 Å². The minimum absolute atomic E-state index is 0.137. The molecule has 0 saturated carbocycles. The van der Waals surface area contributed by atoms with Crippen LogP contribution in [0.5, 0.6) is 0 Å². The van der Waals surface area contributed by atoms with Crippen LogP contribution in [0.4, 0.5) is 0 Å². The van der Waals surface area contributed by atoms with E-state index < -0.39 is 0 Å². The fraction of sp³-hybridized carbons (Fsp3) is 0.478. The molecule has 6 nitrogen and oxygen atoms in total. The maximum Gasteiger partial charge on any atom is 0.227 e. The fourth-order valence-corrected chi connectivity index (χ4v) is 4.52. The van der Waals surface area contributed by atoms with Crippen LogP contribution in [0.25, 0.3) is 11.3 Å². The second kappa shape index (κ2) is 8.30. The van der Waals surface area contributed by atoms with Gasteiger partial charge < -0.3 is 9.42 Å². The van der Waals surface area contributed by atoms with Gasteiger partial charge in [-0.2, -0.15) is 0 Å². The molecule has 30 heavy (non-hydrogen) atoms. The standard InChI is InChI=1S/C23H28N4O2S/c1-15-12-19(29-26-15)18-14-24-22(23(2,3)4)25-21(18)16-7-9-27(10-8-16)20(28)13-17-6-5-11-30-17/h5-6,11-12,14,16H,7-10,13H2,1-4H3. The molecule has 4 rings (SSSR count). The minimum Gasteiger partial charge on any atom is -0.356 e. The van der Waals surface area contributed by atoms with Crippen molar-refractivity contribution in [2.75, 3.05) is 13.1 Å². The van der Waals surface area contributed by atoms with Crippen LogP contribution in [0.15, 0.2) is 34.3 Å². The lowest BCUT2D eigenvalue weighted by Gasteiger charge is -2.32. The van der Waals surface area contributed by atoms with Crippen molar-refractivity contribution in [1.82, 2.24) is 20.0 Å². The van der Waals surface area contributed by atoms with Crippen LogP contribution in [-0.2, 0) is 16.6 Å². The third kappa shape index (κ3) is 4.46. The van der Waals surface area contributed by atoms with Crippen molar-refractivity contribution in [2.24, 2.45) is 0 Å². The molecule has 0 spiro atoms. The molecule has 0 bridgehead atoms. The number of piperidine rings is 1. The summed E-state index contributed by atoms with van der Waals surface area (Å²) in [6.45, 7) is 9.77. The van der Waals surface area contributed by atoms with E-state index in [2.05, 4.69) is 30.9 Å². The highest BCUT2D eigenvalue weighted by Gasteiger charge is 2.29. The van der Waals surface area contributed by atoms with Crippen molar-refractivity contribution in [3.63, 3.8) is 0 Å². The van der Waals surface area contributed by atoms with Crippen molar-refractivity contribution < 1.29 is 9.32 Å². The Morgan fingerprint density at radius 3 is 2.67 bits per heavy atom. The Bertz CT molecular complexity index is 1010. The zero-order valence-electron chi connectivity index (χ0n) is 18.0. The molecule has 158 valence electrons. The summed E-state index contributed by atoms with van der Waals surface area (Å²) in [5, 5.41) is 6.06. The van der Waals surface area contributed by atoms with E-state index in [0.29, 0.717) is 12.2 Å². The molecule has 0 radical (unpaired) electrons. The van der Waals surface area contributed by atoms with E-state index in [1.54, 1.807) is 11.3 Å². The van der Waals surface area contributed by atoms with Gasteiger partial charge in [0.25, 0.3) is 0 Å². The lowest BCUT2D eigenvalue weighted by molar-refractivity contribution is -0.131. The first kappa shape index (κ1) is 20.7. The Kier molecular flexibility index (Phi) is 5.73. The fourth-order valence-electron chi connectivity index (χ4n) is 3.82. The van der Waals surface area contributed by atoms with E-state index >= 15 is 0 Å². The Morgan fingerprint density at radius 2 is 2.07 bits per heavy atom. The number of nitrogens with zero attached hydrogens (tertiary/aromatic N) is 4. The number of carbonyl (C=O) groups excluding carboxylic acids is 1. The zero-order chi connectivity index (χ0) is 21.3. The third-order valence-corrected chi connectivity index (χ3v) is 6.40. The average molecular weight is 425 g/mol. The molecule has 0 aliphatic carbocycles. The van der Waals surface area contributed by atoms with E-state index in [9.17, 15) is 4.79 Å². The summed E-state index contributed by atoms with van der Waals surface area (Å²) in [5.41, 5.74) is 2.62. The number of hydrogen-bond donors (Lipinski definition) is 0. The van der Waals surface area contributed by atoms with E-state index in [4.69, 9.17) is 9.51 Å². The summed E-state index contributed by atoms with van der Waals surface area (Å²) < 4.78 is 5.53. The Labute approximate surface area is 181 Å². The van der Waals surface area contributed by atoms with Crippen molar-refractivity contribution in [2.45, 2.75) is 58.3 Å². The second-order valence-electron chi connectivity index (χ2n) is 8.99. The molecular formula is C23H28N4O2S. The Balaban J connectivity index is 1.55. The summed E-state index contributed by atoms with van der Waals surface area (Å²) >= 11 is 1.64. The highest BCUT2D eigenvalue weighted by molar-refractivity contribution is 7.10. The number of carbonyl (C=O) groups is 1. The van der Waals surface area contributed by atoms with Gasteiger partial charge in [0.1, 0.15) is 5.82 Å². The van der Waals surface area contributed by atoms with Crippen LogP contribution < -0.4 is 0 Å². The average Bonchev–Trinajstić information content (AvgIpc) is 3.38. The number of likely N-dealkylation sites (tertiary alicyclic amines) is 1. The molecule has 0 N–H and O–H groups in total. The van der Waals surface area contributed by atoms with Crippen LogP contribution in [0.2, 0.25) is 0 Å². The minimum atomic E-state index is -0.137. The first-order chi connectivity index (χ1) is 14.3. The smallest absolute Gasteiger partial charge is 0.227 e. The van der Waals surface area contributed by atoms with Gasteiger partial charge in [0.05, 0.1) is 23.4 Å². The first-order valence-electron chi connectivity index (χ1n) is 10.4. The van der Waals surface area contributed by atoms with Gasteiger partial charge in [-0.3, -0.25) is 4.79 Å². The van der Waals surface area contributed by atoms with Gasteiger partial charge in [-0.25, -0.2) is 9.97 Å². The summed E-state index contributed by atoms with van der Waals surface area (Å²) in [5.74, 6) is 2.01. The molecule has 0 unspecified atom stereocenters.